The van der Waals surface area contributed by atoms with Crippen LogP contribution in [0.1, 0.15) is 58.6 Å². The minimum Gasteiger partial charge on any atom is -0.469 e. The fourth-order valence-corrected chi connectivity index (χ4v) is 3.12. The van der Waals surface area contributed by atoms with Crippen LogP contribution in [0.3, 0.4) is 0 Å². The normalized spacial score (nSPS) is 18.6. The number of furan rings is 1. The smallest absolute Gasteiger partial charge is 0.407 e. The molecule has 0 aromatic carbocycles. The molecule has 1 aromatic rings. The lowest BCUT2D eigenvalue weighted by Gasteiger charge is -2.29. The number of carbonyl (C=O) groups excluding carboxylic acids is 1. The molecule has 0 spiro atoms. The molecule has 1 aromatic heterocycles. The van der Waals surface area contributed by atoms with Crippen molar-refractivity contribution in [3.05, 3.63) is 24.2 Å². The van der Waals surface area contributed by atoms with Crippen LogP contribution in [-0.2, 0) is 11.2 Å². The van der Waals surface area contributed by atoms with Crippen LogP contribution in [0.5, 0.6) is 0 Å². The summed E-state index contributed by atoms with van der Waals surface area (Å²) in [5.74, 6) is 0.720. The summed E-state index contributed by atoms with van der Waals surface area (Å²) < 4.78 is 10.7. The minimum atomic E-state index is -0.723. The Morgan fingerprint density at radius 2 is 2.08 bits per heavy atom. The molecule has 6 nitrogen and oxygen atoms in total. The predicted octanol–water partition coefficient (Wildman–Crippen LogP) is 3.00. The summed E-state index contributed by atoms with van der Waals surface area (Å²) in [4.78, 5) is 12.1. The van der Waals surface area contributed by atoms with Crippen LogP contribution in [0.2, 0.25) is 0 Å². The van der Waals surface area contributed by atoms with Gasteiger partial charge in [0.05, 0.1) is 18.4 Å². The molecule has 1 aliphatic rings. The first-order chi connectivity index (χ1) is 11.8. The van der Waals surface area contributed by atoms with Gasteiger partial charge in [0, 0.05) is 19.0 Å². The van der Waals surface area contributed by atoms with Gasteiger partial charge in [-0.15, -0.1) is 0 Å². The summed E-state index contributed by atoms with van der Waals surface area (Å²) in [6.45, 7) is 5.88. The lowest BCUT2D eigenvalue weighted by Crippen LogP contribution is -2.51. The molecule has 142 valence electrons. The average Bonchev–Trinajstić information content (AvgIpc) is 3.04. The van der Waals surface area contributed by atoms with E-state index in [4.69, 9.17) is 9.15 Å². The second-order valence-corrected chi connectivity index (χ2v) is 7.85. The predicted molar refractivity (Wildman–Crippen MR) is 96.5 cm³/mol. The zero-order valence-electron chi connectivity index (χ0n) is 15.6. The maximum Gasteiger partial charge on any atom is 0.407 e. The Morgan fingerprint density at radius 3 is 2.68 bits per heavy atom. The zero-order chi connectivity index (χ0) is 18.3. The van der Waals surface area contributed by atoms with Gasteiger partial charge in [-0.3, -0.25) is 0 Å². The van der Waals surface area contributed by atoms with Crippen LogP contribution in [-0.4, -0.2) is 41.5 Å². The molecule has 0 unspecified atom stereocenters. The summed E-state index contributed by atoms with van der Waals surface area (Å²) in [6.07, 6.45) is 6.82. The first-order valence-electron chi connectivity index (χ1n) is 9.27. The van der Waals surface area contributed by atoms with Crippen molar-refractivity contribution in [3.8, 4) is 0 Å². The monoisotopic (exact) mass is 352 g/mol. The highest BCUT2D eigenvalue weighted by Gasteiger charge is 2.26. The fourth-order valence-electron chi connectivity index (χ4n) is 3.12. The van der Waals surface area contributed by atoms with Gasteiger partial charge < -0.3 is 24.9 Å². The molecule has 1 saturated carbocycles. The highest BCUT2D eigenvalue weighted by atomic mass is 16.6. The molecule has 1 aliphatic carbocycles. The number of aliphatic hydroxyl groups is 1. The molecule has 0 aliphatic heterocycles. The number of rotatable bonds is 7. The zero-order valence-corrected chi connectivity index (χ0v) is 15.6. The van der Waals surface area contributed by atoms with Gasteiger partial charge in [0.15, 0.2) is 0 Å². The van der Waals surface area contributed by atoms with Crippen molar-refractivity contribution in [3.63, 3.8) is 0 Å². The van der Waals surface area contributed by atoms with Gasteiger partial charge in [0.1, 0.15) is 11.4 Å². The quantitative estimate of drug-likeness (QED) is 0.702. The summed E-state index contributed by atoms with van der Waals surface area (Å²) in [5.41, 5.74) is -0.579. The first-order valence-corrected chi connectivity index (χ1v) is 9.27. The molecule has 25 heavy (non-hydrogen) atoms. The molecule has 1 fully saturated rings. The van der Waals surface area contributed by atoms with Gasteiger partial charge >= 0.3 is 6.09 Å². The Hall–Kier alpha value is -1.53. The number of alkyl carbamates (subject to hydrolysis) is 1. The molecule has 6 heteroatoms. The van der Waals surface area contributed by atoms with Crippen LogP contribution < -0.4 is 10.6 Å². The van der Waals surface area contributed by atoms with E-state index in [9.17, 15) is 9.90 Å². The SMILES string of the molecule is CC(C)(C)OC(=O)N[C@@H](Cc1ccco1)[C@H](O)CNC1CCCCC1. The molecular formula is C19H32N2O4. The van der Waals surface area contributed by atoms with Crippen molar-refractivity contribution in [2.45, 2.75) is 83.1 Å². The Balaban J connectivity index is 1.90. The summed E-state index contributed by atoms with van der Waals surface area (Å²) in [6, 6.07) is 3.61. The van der Waals surface area contributed by atoms with E-state index in [2.05, 4.69) is 10.6 Å². The molecule has 0 bridgehead atoms. The highest BCUT2D eigenvalue weighted by molar-refractivity contribution is 5.68. The van der Waals surface area contributed by atoms with E-state index >= 15 is 0 Å². The Kier molecular flexibility index (Phi) is 7.32. The third kappa shape index (κ3) is 7.48. The van der Waals surface area contributed by atoms with E-state index < -0.39 is 23.8 Å². The Bertz CT molecular complexity index is 504. The standard InChI is InChI=1S/C19H32N2O4/c1-19(2,3)25-18(23)21-16(12-15-10-7-11-24-15)17(22)13-20-14-8-5-4-6-9-14/h7,10-11,14,16-17,20,22H,4-6,8-9,12-13H2,1-3H3,(H,21,23)/t16-,17+/m0/s1. The third-order valence-corrected chi connectivity index (χ3v) is 4.39. The fraction of sp³-hybridized carbons (Fsp3) is 0.737. The Labute approximate surface area is 150 Å². The van der Waals surface area contributed by atoms with Crippen molar-refractivity contribution in [2.75, 3.05) is 6.54 Å². The largest absolute Gasteiger partial charge is 0.469 e. The Morgan fingerprint density at radius 1 is 1.36 bits per heavy atom. The van der Waals surface area contributed by atoms with Crippen LogP contribution >= 0.6 is 0 Å². The van der Waals surface area contributed by atoms with E-state index in [-0.39, 0.29) is 0 Å². The number of hydrogen-bond donors (Lipinski definition) is 3. The van der Waals surface area contributed by atoms with Gasteiger partial charge in [0.2, 0.25) is 0 Å². The minimum absolute atomic E-state index is 0.416. The molecule has 1 amide bonds. The van der Waals surface area contributed by atoms with Gasteiger partial charge in [-0.25, -0.2) is 4.79 Å². The number of aliphatic hydroxyl groups excluding tert-OH is 1. The van der Waals surface area contributed by atoms with Crippen LogP contribution in [0.4, 0.5) is 4.79 Å². The number of amides is 1. The second kappa shape index (κ2) is 9.25. The van der Waals surface area contributed by atoms with Crippen molar-refractivity contribution in [2.24, 2.45) is 0 Å². The summed E-state index contributed by atoms with van der Waals surface area (Å²) >= 11 is 0. The van der Waals surface area contributed by atoms with Gasteiger partial charge in [-0.05, 0) is 45.7 Å². The van der Waals surface area contributed by atoms with Crippen LogP contribution in [0, 0.1) is 0 Å². The maximum absolute atomic E-state index is 12.1. The lowest BCUT2D eigenvalue weighted by molar-refractivity contribution is 0.0414. The maximum atomic E-state index is 12.1. The molecule has 1 heterocycles. The lowest BCUT2D eigenvalue weighted by atomic mass is 9.95. The topological polar surface area (TPSA) is 83.7 Å². The molecule has 0 radical (unpaired) electrons. The van der Waals surface area contributed by atoms with E-state index in [1.807, 2.05) is 26.8 Å². The number of ether oxygens (including phenoxy) is 1. The van der Waals surface area contributed by atoms with E-state index in [0.29, 0.717) is 19.0 Å². The molecule has 3 N–H and O–H groups in total. The molecular weight excluding hydrogens is 320 g/mol. The number of hydrogen-bond acceptors (Lipinski definition) is 5. The second-order valence-electron chi connectivity index (χ2n) is 7.85. The molecule has 2 atom stereocenters. The summed E-state index contributed by atoms with van der Waals surface area (Å²) in [7, 11) is 0. The van der Waals surface area contributed by atoms with Crippen molar-refractivity contribution in [1.29, 1.82) is 0 Å². The highest BCUT2D eigenvalue weighted by Crippen LogP contribution is 2.17. The summed E-state index contributed by atoms with van der Waals surface area (Å²) in [5, 5.41) is 16.8. The molecule has 0 saturated heterocycles. The van der Waals surface area contributed by atoms with Crippen molar-refractivity contribution in [1.82, 2.24) is 10.6 Å². The average molecular weight is 352 g/mol. The van der Waals surface area contributed by atoms with Crippen LogP contribution in [0.15, 0.2) is 22.8 Å². The van der Waals surface area contributed by atoms with Gasteiger partial charge in [-0.1, -0.05) is 19.3 Å². The third-order valence-electron chi connectivity index (χ3n) is 4.39. The van der Waals surface area contributed by atoms with E-state index in [1.165, 1.54) is 19.3 Å². The van der Waals surface area contributed by atoms with Gasteiger partial charge in [0.25, 0.3) is 0 Å². The first kappa shape index (κ1) is 19.8. The van der Waals surface area contributed by atoms with Crippen LogP contribution in [0.25, 0.3) is 0 Å². The van der Waals surface area contributed by atoms with E-state index in [0.717, 1.165) is 18.6 Å². The number of carbonyl (C=O) groups is 1. The van der Waals surface area contributed by atoms with Crippen molar-refractivity contribution < 1.29 is 19.1 Å². The van der Waals surface area contributed by atoms with Gasteiger partial charge in [-0.2, -0.15) is 0 Å². The number of nitrogens with one attached hydrogen (secondary N) is 2. The van der Waals surface area contributed by atoms with E-state index in [1.54, 1.807) is 12.3 Å². The van der Waals surface area contributed by atoms with Crippen molar-refractivity contribution >= 4 is 6.09 Å². The molecule has 2 rings (SSSR count).